The van der Waals surface area contributed by atoms with Crippen molar-refractivity contribution in [2.45, 2.75) is 39.5 Å². The lowest BCUT2D eigenvalue weighted by Gasteiger charge is -2.33. The number of amides is 1. The molecule has 4 nitrogen and oxygen atoms in total. The van der Waals surface area contributed by atoms with Crippen molar-refractivity contribution in [3.8, 4) is 0 Å². The lowest BCUT2D eigenvalue weighted by atomic mass is 9.91. The van der Waals surface area contributed by atoms with Gasteiger partial charge in [-0.25, -0.2) is 0 Å². The van der Waals surface area contributed by atoms with Crippen molar-refractivity contribution in [3.63, 3.8) is 0 Å². The molecular formula is C24H34N3O+. The van der Waals surface area contributed by atoms with Crippen LogP contribution in [0.5, 0.6) is 0 Å². The zero-order valence-electron chi connectivity index (χ0n) is 17.9. The fourth-order valence-corrected chi connectivity index (χ4v) is 3.80. The predicted molar refractivity (Wildman–Crippen MR) is 118 cm³/mol. The van der Waals surface area contributed by atoms with Crippen molar-refractivity contribution < 1.29 is 9.69 Å². The maximum atomic E-state index is 13.2. The number of nitrogens with zero attached hydrogens (tertiary/aromatic N) is 1. The van der Waals surface area contributed by atoms with Crippen LogP contribution in [0.2, 0.25) is 0 Å². The van der Waals surface area contributed by atoms with Crippen molar-refractivity contribution in [1.29, 1.82) is 0 Å². The third kappa shape index (κ3) is 4.56. The largest absolute Gasteiger partial charge is 0.359 e. The summed E-state index contributed by atoms with van der Waals surface area (Å²) in [6, 6.07) is 14.4. The molecule has 150 valence electrons. The first-order valence-electron chi connectivity index (χ1n) is 10.5. The van der Waals surface area contributed by atoms with Crippen LogP contribution in [0.15, 0.2) is 42.5 Å². The summed E-state index contributed by atoms with van der Waals surface area (Å²) >= 11 is 0. The van der Waals surface area contributed by atoms with Crippen LogP contribution in [0.4, 0.5) is 11.4 Å². The Labute approximate surface area is 169 Å². The molecule has 0 radical (unpaired) electrons. The topological polar surface area (TPSA) is 36.8 Å². The van der Waals surface area contributed by atoms with E-state index in [1.165, 1.54) is 5.56 Å². The van der Waals surface area contributed by atoms with Crippen LogP contribution in [0.25, 0.3) is 0 Å². The summed E-state index contributed by atoms with van der Waals surface area (Å²) in [4.78, 5) is 17.1. The maximum absolute atomic E-state index is 13.2. The maximum Gasteiger partial charge on any atom is 0.256 e. The average molecular weight is 381 g/mol. The molecule has 1 amide bonds. The van der Waals surface area contributed by atoms with Gasteiger partial charge in [-0.3, -0.25) is 4.79 Å². The van der Waals surface area contributed by atoms with E-state index in [0.29, 0.717) is 11.8 Å². The van der Waals surface area contributed by atoms with E-state index in [2.05, 4.69) is 63.2 Å². The molecule has 0 spiro atoms. The first-order chi connectivity index (χ1) is 13.4. The molecule has 0 atom stereocenters. The van der Waals surface area contributed by atoms with E-state index >= 15 is 0 Å². The molecule has 0 unspecified atom stereocenters. The van der Waals surface area contributed by atoms with Gasteiger partial charge in [0.2, 0.25) is 0 Å². The first-order valence-corrected chi connectivity index (χ1v) is 10.5. The van der Waals surface area contributed by atoms with Crippen LogP contribution in [0.1, 0.15) is 61.0 Å². The zero-order chi connectivity index (χ0) is 20.3. The van der Waals surface area contributed by atoms with Gasteiger partial charge in [0.25, 0.3) is 5.91 Å². The number of rotatable bonds is 5. The lowest BCUT2D eigenvalue weighted by Crippen LogP contribution is -3.12. The number of quaternary nitrogens is 1. The summed E-state index contributed by atoms with van der Waals surface area (Å²) in [5.41, 5.74) is 5.19. The molecule has 4 heteroatoms. The second-order valence-electron chi connectivity index (χ2n) is 8.57. The summed E-state index contributed by atoms with van der Waals surface area (Å²) in [6.07, 6.45) is 0. The number of nitrogens with one attached hydrogen (secondary N) is 2. The molecule has 28 heavy (non-hydrogen) atoms. The monoisotopic (exact) mass is 380 g/mol. The van der Waals surface area contributed by atoms with E-state index in [-0.39, 0.29) is 5.91 Å². The Bertz CT molecular complexity index is 820. The highest BCUT2D eigenvalue weighted by molar-refractivity contribution is 6.07. The van der Waals surface area contributed by atoms with E-state index in [4.69, 9.17) is 0 Å². The number of para-hydroxylation sites is 2. The van der Waals surface area contributed by atoms with Crippen molar-refractivity contribution in [2.24, 2.45) is 0 Å². The molecule has 2 aromatic rings. The number of hydrogen-bond donors (Lipinski definition) is 2. The van der Waals surface area contributed by atoms with Gasteiger partial charge in [0.1, 0.15) is 0 Å². The minimum absolute atomic E-state index is 0.0220. The fourth-order valence-electron chi connectivity index (χ4n) is 3.80. The number of likely N-dealkylation sites (N-methyl/N-ethyl adjacent to an activating group) is 1. The molecule has 0 aromatic heterocycles. The number of carbonyl (C=O) groups excluding carboxylic acids is 1. The molecule has 2 N–H and O–H groups in total. The third-order valence-electron chi connectivity index (χ3n) is 5.72. The molecule has 3 rings (SSSR count). The summed E-state index contributed by atoms with van der Waals surface area (Å²) < 4.78 is 0. The summed E-state index contributed by atoms with van der Waals surface area (Å²) in [5.74, 6) is 0.733. The molecule has 0 saturated carbocycles. The van der Waals surface area contributed by atoms with Crippen LogP contribution in [0, 0.1) is 0 Å². The van der Waals surface area contributed by atoms with Gasteiger partial charge in [-0.1, -0.05) is 52.0 Å². The normalized spacial score (nSPS) is 15.3. The van der Waals surface area contributed by atoms with Crippen molar-refractivity contribution >= 4 is 17.3 Å². The third-order valence-corrected chi connectivity index (χ3v) is 5.72. The highest BCUT2D eigenvalue weighted by Crippen LogP contribution is 2.29. The summed E-state index contributed by atoms with van der Waals surface area (Å²) in [7, 11) is 2.24. The van der Waals surface area contributed by atoms with Crippen LogP contribution in [0.3, 0.4) is 0 Å². The minimum atomic E-state index is -0.0220. The smallest absolute Gasteiger partial charge is 0.256 e. The minimum Gasteiger partial charge on any atom is -0.359 e. The Morgan fingerprint density at radius 1 is 1.00 bits per heavy atom. The van der Waals surface area contributed by atoms with Gasteiger partial charge in [-0.2, -0.15) is 0 Å². The molecule has 1 heterocycles. The van der Waals surface area contributed by atoms with E-state index in [9.17, 15) is 4.79 Å². The molecule has 1 saturated heterocycles. The van der Waals surface area contributed by atoms with E-state index in [1.807, 2.05) is 24.3 Å². The Morgan fingerprint density at radius 3 is 2.32 bits per heavy atom. The Hall–Kier alpha value is -2.33. The summed E-state index contributed by atoms with van der Waals surface area (Å²) in [5, 5.41) is 3.19. The molecule has 0 aliphatic carbocycles. The van der Waals surface area contributed by atoms with E-state index in [0.717, 1.165) is 48.7 Å². The molecular weight excluding hydrogens is 346 g/mol. The Morgan fingerprint density at radius 2 is 1.68 bits per heavy atom. The first kappa shape index (κ1) is 20.4. The molecule has 1 fully saturated rings. The van der Waals surface area contributed by atoms with Gasteiger partial charge in [0.05, 0.1) is 44.6 Å². The number of piperazine rings is 1. The van der Waals surface area contributed by atoms with Crippen LogP contribution in [-0.2, 0) is 0 Å². The molecule has 2 aromatic carbocycles. The number of hydrogen-bond acceptors (Lipinski definition) is 2. The van der Waals surface area contributed by atoms with Gasteiger partial charge >= 0.3 is 0 Å². The molecule has 0 bridgehead atoms. The number of anilines is 2. The highest BCUT2D eigenvalue weighted by Gasteiger charge is 2.21. The van der Waals surface area contributed by atoms with Crippen molar-refractivity contribution in [1.82, 2.24) is 0 Å². The number of carbonyl (C=O) groups is 1. The van der Waals surface area contributed by atoms with Crippen molar-refractivity contribution in [3.05, 3.63) is 59.2 Å². The van der Waals surface area contributed by atoms with Gasteiger partial charge < -0.3 is 15.1 Å². The second-order valence-corrected chi connectivity index (χ2v) is 8.57. The van der Waals surface area contributed by atoms with Gasteiger partial charge in [0.15, 0.2) is 0 Å². The zero-order valence-corrected chi connectivity index (χ0v) is 17.9. The average Bonchev–Trinajstić information content (AvgIpc) is 2.68. The Balaban J connectivity index is 1.86. The predicted octanol–water partition coefficient (Wildman–Crippen LogP) is 3.52. The van der Waals surface area contributed by atoms with Gasteiger partial charge in [-0.05, 0) is 41.2 Å². The number of benzene rings is 2. The quantitative estimate of drug-likeness (QED) is 0.833. The highest BCUT2D eigenvalue weighted by atomic mass is 16.1. The van der Waals surface area contributed by atoms with Crippen LogP contribution in [-0.4, -0.2) is 39.1 Å². The second kappa shape index (κ2) is 8.78. The fraction of sp³-hybridized carbons (Fsp3) is 0.458. The standard InChI is InChI=1S/C24H33N3O/c1-17(2)19-10-11-20(21(16-19)18(3)4)24(28)25-22-8-6-7-9-23(22)27-14-12-26(5)13-15-27/h6-11,16-18H,12-15H2,1-5H3,(H,25,28)/p+1. The SMILES string of the molecule is CC(C)c1ccc(C(=O)Nc2ccccc2N2CC[NH+](C)CC2)c(C(C)C)c1. The lowest BCUT2D eigenvalue weighted by molar-refractivity contribution is -0.880. The van der Waals surface area contributed by atoms with Crippen LogP contribution >= 0.6 is 0 Å². The van der Waals surface area contributed by atoms with Gasteiger partial charge in [0, 0.05) is 5.56 Å². The van der Waals surface area contributed by atoms with Gasteiger partial charge in [-0.15, -0.1) is 0 Å². The Kier molecular flexibility index (Phi) is 6.40. The summed E-state index contributed by atoms with van der Waals surface area (Å²) in [6.45, 7) is 12.9. The molecule has 1 aliphatic rings. The van der Waals surface area contributed by atoms with Crippen molar-refractivity contribution in [2.75, 3.05) is 43.4 Å². The molecule has 1 aliphatic heterocycles. The van der Waals surface area contributed by atoms with E-state index in [1.54, 1.807) is 4.90 Å². The van der Waals surface area contributed by atoms with Crippen LogP contribution < -0.4 is 15.1 Å². The van der Waals surface area contributed by atoms with E-state index < -0.39 is 0 Å².